The molecular formula is C28H26ClF2N7O2. The number of aromatic nitrogens is 5. The third-order valence-electron chi connectivity index (χ3n) is 7.74. The Morgan fingerprint density at radius 2 is 1.82 bits per heavy atom. The molecule has 5 heterocycles. The average molecular weight is 566 g/mol. The van der Waals surface area contributed by atoms with Crippen molar-refractivity contribution in [2.75, 3.05) is 18.0 Å². The van der Waals surface area contributed by atoms with E-state index in [-0.39, 0.29) is 24.7 Å². The largest absolute Gasteiger partial charge is 0.384 e. The third kappa shape index (κ3) is 4.35. The van der Waals surface area contributed by atoms with Crippen LogP contribution in [0, 0.1) is 12.3 Å². The normalized spacial score (nSPS) is 17.0. The molecule has 2 fully saturated rings. The van der Waals surface area contributed by atoms with Crippen LogP contribution in [0.15, 0.2) is 61.1 Å². The zero-order valence-corrected chi connectivity index (χ0v) is 22.3. The Kier molecular flexibility index (Phi) is 6.23. The lowest BCUT2D eigenvalue weighted by Crippen LogP contribution is -2.70. The number of carbonyl (C=O) groups is 1. The lowest BCUT2D eigenvalue weighted by atomic mass is 9.55. The molecule has 7 rings (SSSR count). The van der Waals surface area contributed by atoms with Crippen LogP contribution in [0.5, 0.6) is 0 Å². The summed E-state index contributed by atoms with van der Waals surface area (Å²) in [4.78, 5) is 20.0. The highest BCUT2D eigenvalue weighted by molar-refractivity contribution is 6.30. The lowest BCUT2D eigenvalue weighted by Gasteiger charge is -2.62. The van der Waals surface area contributed by atoms with Crippen molar-refractivity contribution in [1.82, 2.24) is 24.0 Å². The van der Waals surface area contributed by atoms with Gasteiger partial charge in [0.1, 0.15) is 11.2 Å². The lowest BCUT2D eigenvalue weighted by molar-refractivity contribution is -0.209. The molecule has 12 heteroatoms. The second-order valence-electron chi connectivity index (χ2n) is 10.6. The van der Waals surface area contributed by atoms with Crippen molar-refractivity contribution >= 4 is 35.0 Å². The van der Waals surface area contributed by atoms with Crippen LogP contribution in [0.25, 0.3) is 33.9 Å². The maximum Gasteiger partial charge on any atom is 0.266 e. The molecule has 0 unspecified atom stereocenters. The van der Waals surface area contributed by atoms with Crippen LogP contribution in [-0.2, 0) is 4.79 Å². The van der Waals surface area contributed by atoms with Gasteiger partial charge in [0.05, 0.1) is 22.6 Å². The van der Waals surface area contributed by atoms with Gasteiger partial charge >= 0.3 is 0 Å². The number of nitrogens with two attached hydrogens (primary N) is 1. The fraction of sp³-hybridized carbons (Fsp3) is 0.286. The predicted molar refractivity (Wildman–Crippen MR) is 147 cm³/mol. The topological polar surface area (TPSA) is 114 Å². The van der Waals surface area contributed by atoms with Gasteiger partial charge in [-0.05, 0) is 55.7 Å². The quantitative estimate of drug-likeness (QED) is 0.313. The Balaban J connectivity index is 0.000000925. The van der Waals surface area contributed by atoms with Crippen molar-refractivity contribution in [3.63, 3.8) is 0 Å². The minimum atomic E-state index is -2.69. The molecule has 1 saturated carbocycles. The number of aryl methyl sites for hydroxylation is 1. The van der Waals surface area contributed by atoms with Crippen LogP contribution in [0.1, 0.15) is 18.4 Å². The summed E-state index contributed by atoms with van der Waals surface area (Å²) in [7, 11) is 0. The smallest absolute Gasteiger partial charge is 0.266 e. The van der Waals surface area contributed by atoms with Crippen molar-refractivity contribution in [2.24, 2.45) is 11.1 Å². The summed E-state index contributed by atoms with van der Waals surface area (Å²) in [5, 5.41) is 15.2. The van der Waals surface area contributed by atoms with Gasteiger partial charge < -0.3 is 15.7 Å². The van der Waals surface area contributed by atoms with Crippen molar-refractivity contribution in [3.8, 4) is 22.6 Å². The van der Waals surface area contributed by atoms with Crippen LogP contribution >= 0.6 is 11.6 Å². The Bertz CT molecular complexity index is 1740. The molecule has 1 amide bonds. The van der Waals surface area contributed by atoms with E-state index in [1.807, 2.05) is 42.7 Å². The fourth-order valence-corrected chi connectivity index (χ4v) is 6.10. The van der Waals surface area contributed by atoms with Gasteiger partial charge in [-0.15, -0.1) is 5.10 Å². The Morgan fingerprint density at radius 1 is 1.10 bits per heavy atom. The molecule has 4 aromatic heterocycles. The number of benzene rings is 1. The number of anilines is 1. The van der Waals surface area contributed by atoms with Gasteiger partial charge in [-0.3, -0.25) is 9.20 Å². The molecule has 1 aliphatic carbocycles. The Morgan fingerprint density at radius 3 is 2.55 bits per heavy atom. The maximum atomic E-state index is 13.1. The molecule has 1 aromatic carbocycles. The van der Waals surface area contributed by atoms with Crippen LogP contribution in [-0.4, -0.2) is 60.6 Å². The number of amides is 1. The average Bonchev–Trinajstić information content (AvgIpc) is 3.49. The summed E-state index contributed by atoms with van der Waals surface area (Å²) in [6, 6.07) is 13.7. The molecule has 9 nitrogen and oxygen atoms in total. The molecular weight excluding hydrogens is 540 g/mol. The highest BCUT2D eigenvalue weighted by atomic mass is 35.5. The maximum absolute atomic E-state index is 13.1. The van der Waals surface area contributed by atoms with E-state index in [2.05, 4.69) is 43.1 Å². The summed E-state index contributed by atoms with van der Waals surface area (Å²) in [5.74, 6) is 0.605. The van der Waals surface area contributed by atoms with Crippen molar-refractivity contribution < 1.29 is 18.7 Å². The standard InChI is InChI=1S/C27H23ClF2N6O.CH3NO/c1-16-2-3-17(24-32-23-6-4-18(28)10-36(23)33-24)8-20(16)21-9-31-22-7-5-19(11-35(21)22)34-14-26(15-34)12-27(37,13-26)25(29)30;2-1-3/h2-11,25,37H,12-15H2,1H3;1H,(H2,2,3). The number of pyridine rings is 2. The molecule has 5 aromatic rings. The van der Waals surface area contributed by atoms with Crippen molar-refractivity contribution in [2.45, 2.75) is 31.8 Å². The molecule has 1 spiro atoms. The fourth-order valence-electron chi connectivity index (χ4n) is 5.94. The summed E-state index contributed by atoms with van der Waals surface area (Å²) >= 11 is 6.10. The number of aliphatic hydroxyl groups is 1. The van der Waals surface area contributed by atoms with Gasteiger partial charge in [0, 0.05) is 42.0 Å². The first-order valence-electron chi connectivity index (χ1n) is 12.6. The number of rotatable bonds is 4. The van der Waals surface area contributed by atoms with E-state index in [1.54, 1.807) is 16.8 Å². The summed E-state index contributed by atoms with van der Waals surface area (Å²) < 4.78 is 29.9. The van der Waals surface area contributed by atoms with Crippen LogP contribution in [0.4, 0.5) is 14.5 Å². The minimum Gasteiger partial charge on any atom is -0.384 e. The monoisotopic (exact) mass is 565 g/mol. The van der Waals surface area contributed by atoms with Gasteiger partial charge in [-0.2, -0.15) is 0 Å². The Labute approximate surface area is 232 Å². The zero-order valence-electron chi connectivity index (χ0n) is 21.5. The van der Waals surface area contributed by atoms with Gasteiger partial charge in [-0.1, -0.05) is 23.7 Å². The van der Waals surface area contributed by atoms with Gasteiger partial charge in [0.25, 0.3) is 6.43 Å². The third-order valence-corrected chi connectivity index (χ3v) is 7.97. The van der Waals surface area contributed by atoms with Crippen molar-refractivity contribution in [3.05, 3.63) is 71.6 Å². The number of primary amides is 1. The zero-order chi connectivity index (χ0) is 28.2. The van der Waals surface area contributed by atoms with E-state index in [4.69, 9.17) is 16.4 Å². The molecule has 0 bridgehead atoms. The number of hydrogen-bond acceptors (Lipinski definition) is 6. The van der Waals surface area contributed by atoms with Gasteiger partial charge in [-0.25, -0.2) is 23.3 Å². The first-order chi connectivity index (χ1) is 19.1. The van der Waals surface area contributed by atoms with Crippen LogP contribution < -0.4 is 10.6 Å². The molecule has 3 N–H and O–H groups in total. The van der Waals surface area contributed by atoms with Crippen molar-refractivity contribution in [1.29, 1.82) is 0 Å². The number of alkyl halides is 2. The van der Waals surface area contributed by atoms with E-state index in [9.17, 15) is 13.9 Å². The first kappa shape index (κ1) is 26.1. The molecule has 0 atom stereocenters. The molecule has 206 valence electrons. The molecule has 2 aliphatic rings. The van der Waals surface area contributed by atoms with E-state index in [0.717, 1.165) is 33.7 Å². The molecule has 40 heavy (non-hydrogen) atoms. The van der Waals surface area contributed by atoms with Crippen LogP contribution in [0.2, 0.25) is 5.02 Å². The summed E-state index contributed by atoms with van der Waals surface area (Å²) in [6.45, 7) is 3.38. The summed E-state index contributed by atoms with van der Waals surface area (Å²) in [6.07, 6.45) is 3.49. The number of carbonyl (C=O) groups excluding carboxylic acids is 1. The number of hydrogen-bond donors (Lipinski definition) is 2. The second-order valence-corrected chi connectivity index (χ2v) is 11.1. The molecule has 1 aliphatic heterocycles. The minimum absolute atomic E-state index is 0.155. The van der Waals surface area contributed by atoms with E-state index in [1.165, 1.54) is 0 Å². The number of halogens is 3. The van der Waals surface area contributed by atoms with Crippen LogP contribution in [0.3, 0.4) is 0 Å². The number of nitrogens with zero attached hydrogens (tertiary/aromatic N) is 6. The van der Waals surface area contributed by atoms with Gasteiger partial charge in [0.15, 0.2) is 11.5 Å². The SMILES string of the molecule is Cc1ccc(-c2nc3ccc(Cl)cn3n2)cc1-c1cnc2ccc(N3CC4(C3)CC(O)(C(F)F)C4)cn12.NC=O. The predicted octanol–water partition coefficient (Wildman–Crippen LogP) is 4.37. The van der Waals surface area contributed by atoms with Gasteiger partial charge in [0.2, 0.25) is 6.41 Å². The number of imidazole rings is 1. The van der Waals surface area contributed by atoms with E-state index in [0.29, 0.717) is 29.6 Å². The first-order valence-corrected chi connectivity index (χ1v) is 13.0. The highest BCUT2D eigenvalue weighted by Crippen LogP contribution is 2.56. The van der Waals surface area contributed by atoms with E-state index < -0.39 is 12.0 Å². The van der Waals surface area contributed by atoms with E-state index >= 15 is 0 Å². The number of fused-ring (bicyclic) bond motifs is 2. The highest BCUT2D eigenvalue weighted by Gasteiger charge is 2.63. The molecule has 1 saturated heterocycles. The second kappa shape index (κ2) is 9.53. The molecule has 0 radical (unpaired) electrons. The Hall–Kier alpha value is -4.09. The summed E-state index contributed by atoms with van der Waals surface area (Å²) in [5.41, 5.74) is 8.58.